The van der Waals surface area contributed by atoms with Gasteiger partial charge < -0.3 is 15.1 Å². The van der Waals surface area contributed by atoms with Crippen molar-refractivity contribution >= 4 is 0 Å². The van der Waals surface area contributed by atoms with E-state index in [9.17, 15) is 0 Å². The first-order valence-electron chi connectivity index (χ1n) is 6.45. The summed E-state index contributed by atoms with van der Waals surface area (Å²) in [6, 6.07) is 1.65. The lowest BCUT2D eigenvalue weighted by molar-refractivity contribution is 0.260. The van der Waals surface area contributed by atoms with Crippen LogP contribution in [0.15, 0.2) is 0 Å². The summed E-state index contributed by atoms with van der Waals surface area (Å²) >= 11 is 0. The maximum absolute atomic E-state index is 3.73. The maximum atomic E-state index is 3.73. The third-order valence-corrected chi connectivity index (χ3v) is 3.66. The minimum Gasteiger partial charge on any atom is -0.310 e. The lowest BCUT2D eigenvalue weighted by Gasteiger charge is -2.20. The van der Waals surface area contributed by atoms with Gasteiger partial charge in [0, 0.05) is 31.7 Å². The summed E-state index contributed by atoms with van der Waals surface area (Å²) in [6.45, 7) is 8.41. The molecule has 0 aromatic heterocycles. The molecule has 0 spiro atoms. The zero-order chi connectivity index (χ0) is 10.7. The summed E-state index contributed by atoms with van der Waals surface area (Å²) in [7, 11) is 2.20. The molecular formula is C12H25N3. The lowest BCUT2D eigenvalue weighted by Crippen LogP contribution is -2.36. The monoisotopic (exact) mass is 211 g/mol. The molecule has 1 aliphatic carbocycles. The fraction of sp³-hybridized carbons (Fsp3) is 1.00. The molecule has 88 valence electrons. The van der Waals surface area contributed by atoms with E-state index in [1.165, 1.54) is 45.4 Å². The molecule has 3 nitrogen and oxygen atoms in total. The van der Waals surface area contributed by atoms with Crippen molar-refractivity contribution in [3.8, 4) is 0 Å². The Kier molecular flexibility index (Phi) is 4.00. The molecule has 3 heteroatoms. The number of nitrogens with one attached hydrogen (secondary N) is 1. The van der Waals surface area contributed by atoms with Gasteiger partial charge in [0.2, 0.25) is 0 Å². The molecule has 0 bridgehead atoms. The van der Waals surface area contributed by atoms with Crippen molar-refractivity contribution in [2.45, 2.75) is 38.3 Å². The Morgan fingerprint density at radius 2 is 2.07 bits per heavy atom. The van der Waals surface area contributed by atoms with E-state index in [0.717, 1.165) is 18.6 Å². The van der Waals surface area contributed by atoms with E-state index >= 15 is 0 Å². The Morgan fingerprint density at radius 1 is 1.27 bits per heavy atom. The molecule has 1 N–H and O–H groups in total. The number of hydrogen-bond donors (Lipinski definition) is 1. The zero-order valence-electron chi connectivity index (χ0n) is 10.2. The zero-order valence-corrected chi connectivity index (χ0v) is 10.2. The summed E-state index contributed by atoms with van der Waals surface area (Å²) < 4.78 is 0. The molecule has 0 aromatic rings. The Bertz CT molecular complexity index is 191. The van der Waals surface area contributed by atoms with Crippen LogP contribution in [0.3, 0.4) is 0 Å². The van der Waals surface area contributed by atoms with Gasteiger partial charge in [0.25, 0.3) is 0 Å². The number of likely N-dealkylation sites (N-methyl/N-ethyl adjacent to an activating group) is 1. The molecule has 1 heterocycles. The molecule has 2 aliphatic rings. The molecule has 2 fully saturated rings. The average Bonchev–Trinajstić information content (AvgIpc) is 2.93. The van der Waals surface area contributed by atoms with Crippen LogP contribution in [0.2, 0.25) is 0 Å². The summed E-state index contributed by atoms with van der Waals surface area (Å²) in [4.78, 5) is 4.99. The van der Waals surface area contributed by atoms with Gasteiger partial charge in [-0.25, -0.2) is 0 Å². The largest absolute Gasteiger partial charge is 0.310 e. The van der Waals surface area contributed by atoms with Crippen LogP contribution in [0.5, 0.6) is 0 Å². The molecule has 1 unspecified atom stereocenters. The molecule has 1 aliphatic heterocycles. The number of likely N-dealkylation sites (tertiary alicyclic amines) is 1. The topological polar surface area (TPSA) is 18.5 Å². The van der Waals surface area contributed by atoms with Gasteiger partial charge >= 0.3 is 0 Å². The molecule has 15 heavy (non-hydrogen) atoms. The first kappa shape index (κ1) is 11.4. The van der Waals surface area contributed by atoms with Crippen molar-refractivity contribution in [3.05, 3.63) is 0 Å². The number of rotatable bonds is 6. The highest BCUT2D eigenvalue weighted by molar-refractivity contribution is 4.89. The molecule has 0 radical (unpaired) electrons. The van der Waals surface area contributed by atoms with Crippen molar-refractivity contribution in [3.63, 3.8) is 0 Å². The molecule has 1 atom stereocenters. The number of hydrogen-bond acceptors (Lipinski definition) is 3. The highest BCUT2D eigenvalue weighted by Gasteiger charge is 2.28. The Hall–Kier alpha value is -0.120. The van der Waals surface area contributed by atoms with Gasteiger partial charge in [-0.3, -0.25) is 0 Å². The van der Waals surface area contributed by atoms with E-state index in [2.05, 4.69) is 29.1 Å². The summed E-state index contributed by atoms with van der Waals surface area (Å²) in [5.74, 6) is 0. The van der Waals surface area contributed by atoms with Crippen LogP contribution in [0.4, 0.5) is 0 Å². The van der Waals surface area contributed by atoms with Gasteiger partial charge in [0.05, 0.1) is 0 Å². The van der Waals surface area contributed by atoms with Crippen LogP contribution in [0.25, 0.3) is 0 Å². The van der Waals surface area contributed by atoms with Gasteiger partial charge in [0.15, 0.2) is 0 Å². The van der Waals surface area contributed by atoms with Gasteiger partial charge in [-0.2, -0.15) is 0 Å². The fourth-order valence-corrected chi connectivity index (χ4v) is 2.23. The second-order valence-electron chi connectivity index (χ2n) is 5.12. The predicted octanol–water partition coefficient (Wildman–Crippen LogP) is 0.764. The number of nitrogens with zero attached hydrogens (tertiary/aromatic N) is 2. The SMILES string of the molecule is CCN(C)CCN1CCC(NC2CC2)C1. The third-order valence-electron chi connectivity index (χ3n) is 3.66. The molecule has 0 aromatic carbocycles. The smallest absolute Gasteiger partial charge is 0.0209 e. The standard InChI is InChI=1S/C12H25N3/c1-3-14(2)8-9-15-7-6-12(10-15)13-11-4-5-11/h11-13H,3-10H2,1-2H3. The van der Waals surface area contributed by atoms with Crippen LogP contribution >= 0.6 is 0 Å². The van der Waals surface area contributed by atoms with Gasteiger partial charge in [-0.15, -0.1) is 0 Å². The summed E-state index contributed by atoms with van der Waals surface area (Å²) in [5.41, 5.74) is 0. The van der Waals surface area contributed by atoms with E-state index < -0.39 is 0 Å². The van der Waals surface area contributed by atoms with Gasteiger partial charge in [-0.1, -0.05) is 6.92 Å². The molecular weight excluding hydrogens is 186 g/mol. The Labute approximate surface area is 93.8 Å². The lowest BCUT2D eigenvalue weighted by atomic mass is 10.2. The minimum absolute atomic E-state index is 0.782. The summed E-state index contributed by atoms with van der Waals surface area (Å²) in [6.07, 6.45) is 4.18. The normalized spacial score (nSPS) is 27.8. The quantitative estimate of drug-likeness (QED) is 0.700. The van der Waals surface area contributed by atoms with Gasteiger partial charge in [-0.05, 0) is 39.4 Å². The minimum atomic E-state index is 0.782. The van der Waals surface area contributed by atoms with Crippen molar-refractivity contribution < 1.29 is 0 Å². The molecule has 1 saturated carbocycles. The highest BCUT2D eigenvalue weighted by atomic mass is 15.2. The molecule has 0 amide bonds. The van der Waals surface area contributed by atoms with Crippen LogP contribution in [0.1, 0.15) is 26.2 Å². The van der Waals surface area contributed by atoms with E-state index in [1.807, 2.05) is 0 Å². The fourth-order valence-electron chi connectivity index (χ4n) is 2.23. The highest BCUT2D eigenvalue weighted by Crippen LogP contribution is 2.21. The van der Waals surface area contributed by atoms with Crippen molar-refractivity contribution in [2.24, 2.45) is 0 Å². The van der Waals surface area contributed by atoms with Gasteiger partial charge in [0.1, 0.15) is 0 Å². The summed E-state index contributed by atoms with van der Waals surface area (Å²) in [5, 5.41) is 3.73. The molecule has 2 rings (SSSR count). The van der Waals surface area contributed by atoms with Crippen LogP contribution in [0, 0.1) is 0 Å². The Morgan fingerprint density at radius 3 is 2.73 bits per heavy atom. The Balaban J connectivity index is 1.59. The maximum Gasteiger partial charge on any atom is 0.0209 e. The van der Waals surface area contributed by atoms with Crippen LogP contribution < -0.4 is 5.32 Å². The van der Waals surface area contributed by atoms with Crippen LogP contribution in [-0.4, -0.2) is 61.7 Å². The van der Waals surface area contributed by atoms with Crippen molar-refractivity contribution in [1.82, 2.24) is 15.1 Å². The van der Waals surface area contributed by atoms with Crippen molar-refractivity contribution in [2.75, 3.05) is 39.8 Å². The van der Waals surface area contributed by atoms with E-state index in [4.69, 9.17) is 0 Å². The van der Waals surface area contributed by atoms with E-state index in [1.54, 1.807) is 0 Å². The van der Waals surface area contributed by atoms with E-state index in [-0.39, 0.29) is 0 Å². The van der Waals surface area contributed by atoms with Crippen LogP contribution in [-0.2, 0) is 0 Å². The first-order valence-corrected chi connectivity index (χ1v) is 6.45. The third kappa shape index (κ3) is 3.74. The second kappa shape index (κ2) is 5.28. The van der Waals surface area contributed by atoms with Crippen molar-refractivity contribution in [1.29, 1.82) is 0 Å². The molecule has 1 saturated heterocycles. The predicted molar refractivity (Wildman–Crippen MR) is 64.2 cm³/mol. The average molecular weight is 211 g/mol. The second-order valence-corrected chi connectivity index (χ2v) is 5.12. The van der Waals surface area contributed by atoms with E-state index in [0.29, 0.717) is 0 Å². The first-order chi connectivity index (χ1) is 7.28.